The zero-order valence-corrected chi connectivity index (χ0v) is 28.7. The van der Waals surface area contributed by atoms with Crippen LogP contribution in [0.15, 0.2) is 170 Å². The van der Waals surface area contributed by atoms with Crippen molar-refractivity contribution < 1.29 is 0 Å². The average molecular weight is 681 g/mol. The van der Waals surface area contributed by atoms with E-state index < -0.39 is 0 Å². The number of thiophene rings is 1. The molecular formula is C47H28N4S. The molecule has 3 aromatic heterocycles. The van der Waals surface area contributed by atoms with E-state index in [4.69, 9.17) is 15.0 Å². The Morgan fingerprint density at radius 3 is 1.73 bits per heavy atom. The Morgan fingerprint density at radius 1 is 0.365 bits per heavy atom. The molecule has 0 amide bonds. The molecule has 11 aromatic rings. The second-order valence-electron chi connectivity index (χ2n) is 13.2. The van der Waals surface area contributed by atoms with Gasteiger partial charge in [-0.25, -0.2) is 4.98 Å². The van der Waals surface area contributed by atoms with Gasteiger partial charge in [0.25, 0.3) is 0 Å². The lowest BCUT2D eigenvalue weighted by atomic mass is 9.92. The van der Waals surface area contributed by atoms with E-state index in [2.05, 4.69) is 114 Å². The Bertz CT molecular complexity index is 3120. The van der Waals surface area contributed by atoms with Crippen LogP contribution in [-0.2, 0) is 0 Å². The monoisotopic (exact) mass is 680 g/mol. The standard InChI is InChI=1S/C47H28N4S/c1-3-13-29(14-4-1)45-48-46(30-15-5-2-6-16-30)50-47(49-45)51-41-21-11-9-19-35(41)39-25-31(23-24-42(39)51)37-26-32-27-40-36-20-10-12-22-43(36)52-44(40)28-38(32)34-18-8-7-17-33(34)37/h1-28H. The van der Waals surface area contributed by atoms with E-state index in [9.17, 15) is 0 Å². The molecule has 0 bridgehead atoms. The summed E-state index contributed by atoms with van der Waals surface area (Å²) in [6, 6.07) is 60.4. The molecule has 5 heteroatoms. The maximum atomic E-state index is 5.11. The smallest absolute Gasteiger partial charge is 0.238 e. The van der Waals surface area contributed by atoms with Crippen LogP contribution in [0.2, 0.25) is 0 Å². The zero-order valence-electron chi connectivity index (χ0n) is 27.9. The molecule has 52 heavy (non-hydrogen) atoms. The third-order valence-corrected chi connectivity index (χ3v) is 11.4. The number of aromatic nitrogens is 4. The minimum absolute atomic E-state index is 0.592. The fourth-order valence-electron chi connectivity index (χ4n) is 7.82. The van der Waals surface area contributed by atoms with Crippen molar-refractivity contribution in [3.63, 3.8) is 0 Å². The normalized spacial score (nSPS) is 11.8. The molecule has 0 radical (unpaired) electrons. The Kier molecular flexibility index (Phi) is 6.39. The largest absolute Gasteiger partial charge is 0.278 e. The van der Waals surface area contributed by atoms with Crippen molar-refractivity contribution in [1.82, 2.24) is 19.5 Å². The summed E-state index contributed by atoms with van der Waals surface area (Å²) in [7, 11) is 0. The van der Waals surface area contributed by atoms with Crippen molar-refractivity contribution in [2.75, 3.05) is 0 Å². The highest BCUT2D eigenvalue weighted by Crippen LogP contribution is 2.42. The Labute approximate surface area is 302 Å². The van der Waals surface area contributed by atoms with Gasteiger partial charge in [-0.2, -0.15) is 9.97 Å². The minimum Gasteiger partial charge on any atom is -0.278 e. The van der Waals surface area contributed by atoms with Crippen molar-refractivity contribution >= 4 is 74.9 Å². The zero-order chi connectivity index (χ0) is 34.2. The lowest BCUT2D eigenvalue weighted by molar-refractivity contribution is 0.953. The van der Waals surface area contributed by atoms with Crippen molar-refractivity contribution in [3.05, 3.63) is 170 Å². The van der Waals surface area contributed by atoms with E-state index in [1.54, 1.807) is 0 Å². The van der Waals surface area contributed by atoms with Crippen molar-refractivity contribution in [3.8, 4) is 39.9 Å². The van der Waals surface area contributed by atoms with Gasteiger partial charge >= 0.3 is 0 Å². The van der Waals surface area contributed by atoms with E-state index in [-0.39, 0.29) is 0 Å². The van der Waals surface area contributed by atoms with Gasteiger partial charge in [-0.05, 0) is 75.1 Å². The number of hydrogen-bond acceptors (Lipinski definition) is 4. The number of fused-ring (bicyclic) bond motifs is 9. The molecule has 0 aliphatic carbocycles. The van der Waals surface area contributed by atoms with Crippen LogP contribution in [0.4, 0.5) is 0 Å². The lowest BCUT2D eigenvalue weighted by Crippen LogP contribution is -2.06. The van der Waals surface area contributed by atoms with Gasteiger partial charge in [0, 0.05) is 42.1 Å². The first kappa shape index (κ1) is 29.1. The van der Waals surface area contributed by atoms with Crippen LogP contribution in [0.25, 0.3) is 103 Å². The maximum Gasteiger partial charge on any atom is 0.238 e. The summed E-state index contributed by atoms with van der Waals surface area (Å²) >= 11 is 1.87. The third-order valence-electron chi connectivity index (χ3n) is 10.2. The molecule has 11 rings (SSSR count). The highest BCUT2D eigenvalue weighted by Gasteiger charge is 2.19. The first-order valence-electron chi connectivity index (χ1n) is 17.4. The summed E-state index contributed by atoms with van der Waals surface area (Å²) in [5, 5.41) is 9.99. The number of nitrogens with zero attached hydrogens (tertiary/aromatic N) is 4. The van der Waals surface area contributed by atoms with Crippen molar-refractivity contribution in [2.24, 2.45) is 0 Å². The fraction of sp³-hybridized carbons (Fsp3) is 0. The summed E-state index contributed by atoms with van der Waals surface area (Å²) in [6.45, 7) is 0. The van der Waals surface area contributed by atoms with E-state index >= 15 is 0 Å². The van der Waals surface area contributed by atoms with E-state index in [0.29, 0.717) is 17.6 Å². The number of benzene rings is 8. The molecule has 0 N–H and O–H groups in total. The van der Waals surface area contributed by atoms with Gasteiger partial charge in [-0.1, -0.05) is 127 Å². The summed E-state index contributed by atoms with van der Waals surface area (Å²) in [6.07, 6.45) is 0. The topological polar surface area (TPSA) is 43.6 Å². The molecule has 3 heterocycles. The minimum atomic E-state index is 0.592. The van der Waals surface area contributed by atoms with E-state index in [0.717, 1.165) is 32.9 Å². The molecule has 0 fully saturated rings. The van der Waals surface area contributed by atoms with Gasteiger partial charge in [-0.3, -0.25) is 4.57 Å². The van der Waals surface area contributed by atoms with Crippen LogP contribution in [0.1, 0.15) is 0 Å². The van der Waals surface area contributed by atoms with Crippen LogP contribution >= 0.6 is 11.3 Å². The number of hydrogen-bond donors (Lipinski definition) is 0. The lowest BCUT2D eigenvalue weighted by Gasteiger charge is -2.13. The predicted octanol–water partition coefficient (Wildman–Crippen LogP) is 12.6. The van der Waals surface area contributed by atoms with Crippen LogP contribution in [-0.4, -0.2) is 19.5 Å². The van der Waals surface area contributed by atoms with Crippen molar-refractivity contribution in [1.29, 1.82) is 0 Å². The summed E-state index contributed by atoms with van der Waals surface area (Å²) < 4.78 is 4.83. The molecule has 4 nitrogen and oxygen atoms in total. The first-order chi connectivity index (χ1) is 25.8. The Morgan fingerprint density at radius 2 is 0.981 bits per heavy atom. The molecule has 0 aliphatic heterocycles. The van der Waals surface area contributed by atoms with E-state index in [1.165, 1.54) is 52.8 Å². The van der Waals surface area contributed by atoms with E-state index in [1.807, 2.05) is 72.0 Å². The first-order valence-corrected chi connectivity index (χ1v) is 18.3. The SMILES string of the molecule is c1ccc(-c2nc(-c3ccccc3)nc(-n3c4ccccc4c4cc(-c5cc6cc7c(cc6c6ccccc56)sc5ccccc57)ccc43)n2)cc1. The molecule has 0 aliphatic rings. The van der Waals surface area contributed by atoms with Crippen LogP contribution in [0.3, 0.4) is 0 Å². The van der Waals surface area contributed by atoms with Crippen molar-refractivity contribution in [2.45, 2.75) is 0 Å². The molecule has 0 unspecified atom stereocenters. The van der Waals surface area contributed by atoms with Gasteiger partial charge in [0.05, 0.1) is 11.0 Å². The molecule has 8 aromatic carbocycles. The summed E-state index contributed by atoms with van der Waals surface area (Å²) in [4.78, 5) is 15.2. The highest BCUT2D eigenvalue weighted by molar-refractivity contribution is 7.25. The second kappa shape index (κ2) is 11.4. The van der Waals surface area contributed by atoms with Gasteiger partial charge in [0.1, 0.15) is 0 Å². The second-order valence-corrected chi connectivity index (χ2v) is 14.3. The fourth-order valence-corrected chi connectivity index (χ4v) is 8.95. The van der Waals surface area contributed by atoms with Gasteiger partial charge in [0.15, 0.2) is 11.6 Å². The Hall–Kier alpha value is -6.69. The Balaban J connectivity index is 1.15. The third kappa shape index (κ3) is 4.50. The van der Waals surface area contributed by atoms with Gasteiger partial charge < -0.3 is 0 Å². The highest BCUT2D eigenvalue weighted by atomic mass is 32.1. The van der Waals surface area contributed by atoms with Crippen LogP contribution < -0.4 is 0 Å². The number of rotatable bonds is 4. The molecule has 0 saturated carbocycles. The average Bonchev–Trinajstić information content (AvgIpc) is 3.75. The quantitative estimate of drug-likeness (QED) is 0.174. The predicted molar refractivity (Wildman–Crippen MR) is 218 cm³/mol. The summed E-state index contributed by atoms with van der Waals surface area (Å²) in [5.74, 6) is 1.87. The summed E-state index contributed by atoms with van der Waals surface area (Å²) in [5.41, 5.74) is 6.39. The maximum absolute atomic E-state index is 5.11. The molecule has 0 atom stereocenters. The van der Waals surface area contributed by atoms with Gasteiger partial charge in [0.2, 0.25) is 5.95 Å². The van der Waals surface area contributed by atoms with Gasteiger partial charge in [-0.15, -0.1) is 11.3 Å². The number of para-hydroxylation sites is 1. The molecule has 242 valence electrons. The van der Waals surface area contributed by atoms with Crippen LogP contribution in [0, 0.1) is 0 Å². The molecular weight excluding hydrogens is 653 g/mol. The molecule has 0 spiro atoms. The molecule has 0 saturated heterocycles. The van der Waals surface area contributed by atoms with Crippen LogP contribution in [0.5, 0.6) is 0 Å².